The number of ether oxygens (including phenoxy) is 2. The van der Waals surface area contributed by atoms with E-state index in [0.717, 1.165) is 31.9 Å². The van der Waals surface area contributed by atoms with Gasteiger partial charge in [-0.3, -0.25) is 0 Å². The molecular weight excluding hydrogens is 274 g/mol. The number of rotatable bonds is 7. The molecule has 0 unspecified atom stereocenters. The minimum atomic E-state index is 0.398. The van der Waals surface area contributed by atoms with Crippen molar-refractivity contribution in [2.45, 2.75) is 58.7 Å². The Morgan fingerprint density at radius 2 is 1.73 bits per heavy atom. The first-order chi connectivity index (χ1) is 10.5. The van der Waals surface area contributed by atoms with E-state index >= 15 is 0 Å². The van der Waals surface area contributed by atoms with Crippen molar-refractivity contribution in [3.63, 3.8) is 0 Å². The lowest BCUT2D eigenvalue weighted by atomic mass is 10.0. The highest BCUT2D eigenvalue weighted by molar-refractivity contribution is 5.28. The number of nitrogens with one attached hydrogen (secondary N) is 1. The zero-order valence-corrected chi connectivity index (χ0v) is 14.6. The monoisotopic (exact) mass is 306 g/mol. The molecule has 1 aromatic rings. The van der Waals surface area contributed by atoms with E-state index in [-0.39, 0.29) is 0 Å². The van der Waals surface area contributed by atoms with Gasteiger partial charge in [-0.15, -0.1) is 0 Å². The lowest BCUT2D eigenvalue weighted by Gasteiger charge is -2.32. The predicted molar refractivity (Wildman–Crippen MR) is 90.8 cm³/mol. The third-order valence-corrected chi connectivity index (χ3v) is 4.36. The van der Waals surface area contributed by atoms with E-state index < -0.39 is 0 Å². The van der Waals surface area contributed by atoms with Crippen molar-refractivity contribution in [3.05, 3.63) is 29.8 Å². The average molecular weight is 306 g/mol. The normalized spacial score (nSPS) is 25.4. The molecule has 0 amide bonds. The first kappa shape index (κ1) is 17.3. The van der Waals surface area contributed by atoms with Gasteiger partial charge in [0.2, 0.25) is 0 Å². The van der Waals surface area contributed by atoms with Crippen molar-refractivity contribution in [2.24, 2.45) is 0 Å². The average Bonchev–Trinajstić information content (AvgIpc) is 2.46. The minimum absolute atomic E-state index is 0.398. The van der Waals surface area contributed by atoms with E-state index in [1.165, 1.54) is 18.5 Å². The Kier molecular flexibility index (Phi) is 6.71. The Balaban J connectivity index is 1.61. The Morgan fingerprint density at radius 3 is 2.32 bits per heavy atom. The Bertz CT molecular complexity index is 420. The maximum absolute atomic E-state index is 5.84. The molecule has 0 aromatic heterocycles. The van der Waals surface area contributed by atoms with Gasteiger partial charge in [0.05, 0.1) is 13.2 Å². The van der Waals surface area contributed by atoms with Crippen LogP contribution in [0.1, 0.15) is 52.0 Å². The molecule has 3 heteroatoms. The molecule has 124 valence electrons. The van der Waals surface area contributed by atoms with Gasteiger partial charge in [0.25, 0.3) is 0 Å². The van der Waals surface area contributed by atoms with Gasteiger partial charge in [0.15, 0.2) is 0 Å². The molecule has 0 aliphatic carbocycles. The highest BCUT2D eigenvalue weighted by Crippen LogP contribution is 2.18. The van der Waals surface area contributed by atoms with E-state index in [2.05, 4.69) is 52.0 Å². The number of hydrogen-bond donors (Lipinski definition) is 1. The highest BCUT2D eigenvalue weighted by atomic mass is 16.5. The molecule has 0 radical (unpaired) electrons. The Labute approximate surface area is 135 Å². The Hall–Kier alpha value is -1.06. The maximum Gasteiger partial charge on any atom is 0.119 e. The number of hydrogen-bond acceptors (Lipinski definition) is 2. The number of unbranched alkanes of at least 4 members (excludes halogenated alkanes) is 1. The molecule has 1 heterocycles. The van der Waals surface area contributed by atoms with Crippen LogP contribution in [0.2, 0.25) is 0 Å². The largest absolute Gasteiger partial charge is 0.494 e. The van der Waals surface area contributed by atoms with Gasteiger partial charge < -0.3 is 14.4 Å². The molecule has 3 nitrogen and oxygen atoms in total. The smallest absolute Gasteiger partial charge is 0.119 e. The van der Waals surface area contributed by atoms with Gasteiger partial charge >= 0.3 is 0 Å². The van der Waals surface area contributed by atoms with E-state index in [9.17, 15) is 0 Å². The first-order valence-corrected chi connectivity index (χ1v) is 8.76. The van der Waals surface area contributed by atoms with Crippen molar-refractivity contribution >= 4 is 0 Å². The van der Waals surface area contributed by atoms with Crippen LogP contribution in [0.25, 0.3) is 0 Å². The van der Waals surface area contributed by atoms with Crippen LogP contribution in [0.5, 0.6) is 5.75 Å². The highest BCUT2D eigenvalue weighted by Gasteiger charge is 2.24. The summed E-state index contributed by atoms with van der Waals surface area (Å²) in [7, 11) is 0. The fourth-order valence-corrected chi connectivity index (χ4v) is 3.21. The summed E-state index contributed by atoms with van der Waals surface area (Å²) in [5.74, 6) is 1.57. The van der Waals surface area contributed by atoms with Crippen molar-refractivity contribution < 1.29 is 14.4 Å². The SMILES string of the molecule is CC(C)c1ccc(OCCCC[NH+]2C[C@@H](C)O[C@H](C)C2)cc1. The van der Waals surface area contributed by atoms with Crippen LogP contribution in [-0.2, 0) is 4.74 Å². The molecule has 1 N–H and O–H groups in total. The van der Waals surface area contributed by atoms with Crippen LogP contribution >= 0.6 is 0 Å². The van der Waals surface area contributed by atoms with Crippen LogP contribution in [-0.4, -0.2) is 38.4 Å². The maximum atomic E-state index is 5.84. The number of benzene rings is 1. The van der Waals surface area contributed by atoms with Gasteiger partial charge in [0, 0.05) is 0 Å². The van der Waals surface area contributed by atoms with Crippen LogP contribution in [0.15, 0.2) is 24.3 Å². The van der Waals surface area contributed by atoms with Crippen LogP contribution in [0.4, 0.5) is 0 Å². The molecule has 0 bridgehead atoms. The lowest BCUT2D eigenvalue weighted by Crippen LogP contribution is -3.15. The molecular formula is C19H32NO2+. The van der Waals surface area contributed by atoms with Crippen LogP contribution in [0.3, 0.4) is 0 Å². The summed E-state index contributed by atoms with van der Waals surface area (Å²) in [6, 6.07) is 8.51. The van der Waals surface area contributed by atoms with Crippen LogP contribution in [0, 0.1) is 0 Å². The molecule has 22 heavy (non-hydrogen) atoms. The molecule has 1 saturated heterocycles. The molecule has 1 aliphatic rings. The number of quaternary nitrogens is 1. The van der Waals surface area contributed by atoms with Crippen molar-refractivity contribution in [1.29, 1.82) is 0 Å². The summed E-state index contributed by atoms with van der Waals surface area (Å²) in [5, 5.41) is 0. The molecule has 2 atom stereocenters. The van der Waals surface area contributed by atoms with Gasteiger partial charge in [0.1, 0.15) is 31.0 Å². The molecule has 0 spiro atoms. The van der Waals surface area contributed by atoms with Gasteiger partial charge in [-0.1, -0.05) is 26.0 Å². The van der Waals surface area contributed by atoms with Crippen molar-refractivity contribution in [3.8, 4) is 5.75 Å². The van der Waals surface area contributed by atoms with E-state index in [4.69, 9.17) is 9.47 Å². The standard InChI is InChI=1S/C19H31NO2/c1-15(2)18-7-9-19(10-8-18)21-12-6-5-11-20-13-16(3)22-17(4)14-20/h7-10,15-17H,5-6,11-14H2,1-4H3/p+1/t16-,17-/m1/s1. The summed E-state index contributed by atoms with van der Waals surface area (Å²) in [5.41, 5.74) is 1.37. The van der Waals surface area contributed by atoms with Crippen molar-refractivity contribution in [1.82, 2.24) is 0 Å². The molecule has 2 rings (SSSR count). The zero-order chi connectivity index (χ0) is 15.9. The second kappa shape index (κ2) is 8.54. The fraction of sp³-hybridized carbons (Fsp3) is 0.684. The quantitative estimate of drug-likeness (QED) is 0.783. The van der Waals surface area contributed by atoms with E-state index in [0.29, 0.717) is 18.1 Å². The van der Waals surface area contributed by atoms with Gasteiger partial charge in [-0.05, 0) is 50.3 Å². The number of morpholine rings is 1. The lowest BCUT2D eigenvalue weighted by molar-refractivity contribution is -0.915. The zero-order valence-electron chi connectivity index (χ0n) is 14.6. The second-order valence-electron chi connectivity index (χ2n) is 6.94. The van der Waals surface area contributed by atoms with Crippen molar-refractivity contribution in [2.75, 3.05) is 26.2 Å². The summed E-state index contributed by atoms with van der Waals surface area (Å²) >= 11 is 0. The fourth-order valence-electron chi connectivity index (χ4n) is 3.21. The summed E-state index contributed by atoms with van der Waals surface area (Å²) < 4.78 is 11.6. The summed E-state index contributed by atoms with van der Waals surface area (Å²) in [4.78, 5) is 1.67. The Morgan fingerprint density at radius 1 is 1.09 bits per heavy atom. The molecule has 1 aliphatic heterocycles. The molecule has 0 saturated carbocycles. The van der Waals surface area contributed by atoms with Gasteiger partial charge in [-0.25, -0.2) is 0 Å². The predicted octanol–water partition coefficient (Wildman–Crippen LogP) is 2.66. The summed E-state index contributed by atoms with van der Waals surface area (Å²) in [6.45, 7) is 13.1. The van der Waals surface area contributed by atoms with E-state index in [1.807, 2.05) is 0 Å². The second-order valence-corrected chi connectivity index (χ2v) is 6.94. The molecule has 1 fully saturated rings. The third kappa shape index (κ3) is 5.62. The first-order valence-electron chi connectivity index (χ1n) is 8.76. The van der Waals surface area contributed by atoms with Gasteiger partial charge in [-0.2, -0.15) is 0 Å². The summed E-state index contributed by atoms with van der Waals surface area (Å²) in [6.07, 6.45) is 3.14. The topological polar surface area (TPSA) is 22.9 Å². The minimum Gasteiger partial charge on any atom is -0.494 e. The van der Waals surface area contributed by atoms with Crippen LogP contribution < -0.4 is 9.64 Å². The van der Waals surface area contributed by atoms with E-state index in [1.54, 1.807) is 4.90 Å². The third-order valence-electron chi connectivity index (χ3n) is 4.36. The molecule has 1 aromatic carbocycles.